The van der Waals surface area contributed by atoms with Crippen LogP contribution in [0, 0.1) is 11.6 Å². The summed E-state index contributed by atoms with van der Waals surface area (Å²) in [7, 11) is 1.46. The van der Waals surface area contributed by atoms with Crippen molar-refractivity contribution in [1.29, 1.82) is 0 Å². The molecule has 18 heavy (non-hydrogen) atoms. The van der Waals surface area contributed by atoms with Crippen molar-refractivity contribution in [2.45, 2.75) is 0 Å². The number of benzene rings is 1. The molecule has 5 nitrogen and oxygen atoms in total. The van der Waals surface area contributed by atoms with Crippen LogP contribution in [0.5, 0.6) is 0 Å². The maximum Gasteiger partial charge on any atom is 0.238 e. The highest BCUT2D eigenvalue weighted by Crippen LogP contribution is 2.14. The van der Waals surface area contributed by atoms with Crippen LogP contribution in [0.3, 0.4) is 0 Å². The molecule has 1 rings (SSSR count). The minimum Gasteiger partial charge on any atom is -0.358 e. The van der Waals surface area contributed by atoms with Crippen LogP contribution in [-0.4, -0.2) is 32.0 Å². The van der Waals surface area contributed by atoms with Gasteiger partial charge in [0.05, 0.1) is 18.8 Å². The highest BCUT2D eigenvalue weighted by atomic mass is 19.1. The SMILES string of the molecule is CNC(=O)CNCC(=O)Nc1cc(F)ccc1F. The van der Waals surface area contributed by atoms with Gasteiger partial charge < -0.3 is 10.6 Å². The minimum atomic E-state index is -0.726. The van der Waals surface area contributed by atoms with Gasteiger partial charge in [0.2, 0.25) is 11.8 Å². The lowest BCUT2D eigenvalue weighted by atomic mass is 10.3. The van der Waals surface area contributed by atoms with Gasteiger partial charge in [-0.1, -0.05) is 0 Å². The summed E-state index contributed by atoms with van der Waals surface area (Å²) in [5.41, 5.74) is -0.234. The number of nitrogens with one attached hydrogen (secondary N) is 3. The number of carbonyl (C=O) groups excluding carboxylic acids is 2. The van der Waals surface area contributed by atoms with E-state index in [-0.39, 0.29) is 24.7 Å². The second-order valence-electron chi connectivity index (χ2n) is 3.45. The molecule has 1 aromatic rings. The Bertz CT molecular complexity index is 452. The molecule has 0 aliphatic rings. The van der Waals surface area contributed by atoms with Crippen molar-refractivity contribution < 1.29 is 18.4 Å². The number of hydrogen-bond acceptors (Lipinski definition) is 3. The van der Waals surface area contributed by atoms with Crippen LogP contribution in [0.2, 0.25) is 0 Å². The second-order valence-corrected chi connectivity index (χ2v) is 3.45. The molecule has 3 N–H and O–H groups in total. The maximum atomic E-state index is 13.2. The normalized spacial score (nSPS) is 9.94. The fourth-order valence-corrected chi connectivity index (χ4v) is 1.17. The monoisotopic (exact) mass is 257 g/mol. The van der Waals surface area contributed by atoms with E-state index < -0.39 is 17.5 Å². The molecular weight excluding hydrogens is 244 g/mol. The molecule has 0 aliphatic carbocycles. The summed E-state index contributed by atoms with van der Waals surface area (Å²) < 4.78 is 26.0. The van der Waals surface area contributed by atoms with Gasteiger partial charge in [0.15, 0.2) is 0 Å². The van der Waals surface area contributed by atoms with Crippen molar-refractivity contribution in [2.24, 2.45) is 0 Å². The molecule has 0 saturated carbocycles. The zero-order valence-electron chi connectivity index (χ0n) is 9.72. The molecule has 0 saturated heterocycles. The van der Waals surface area contributed by atoms with Crippen LogP contribution in [0.1, 0.15) is 0 Å². The number of carbonyl (C=O) groups is 2. The van der Waals surface area contributed by atoms with E-state index in [2.05, 4.69) is 16.0 Å². The second kappa shape index (κ2) is 6.65. The smallest absolute Gasteiger partial charge is 0.238 e. The molecule has 0 unspecified atom stereocenters. The molecule has 0 spiro atoms. The van der Waals surface area contributed by atoms with Gasteiger partial charge in [0.1, 0.15) is 11.6 Å². The maximum absolute atomic E-state index is 13.2. The summed E-state index contributed by atoms with van der Waals surface area (Å²) in [5, 5.41) is 7.11. The average Bonchev–Trinajstić information content (AvgIpc) is 2.33. The molecule has 0 aromatic heterocycles. The van der Waals surface area contributed by atoms with E-state index in [1.54, 1.807) is 0 Å². The fourth-order valence-electron chi connectivity index (χ4n) is 1.17. The van der Waals surface area contributed by atoms with Gasteiger partial charge >= 0.3 is 0 Å². The van der Waals surface area contributed by atoms with Crippen LogP contribution in [0.4, 0.5) is 14.5 Å². The summed E-state index contributed by atoms with van der Waals surface area (Å²) in [6, 6.07) is 2.75. The Kier molecular flexibility index (Phi) is 5.19. The molecule has 7 heteroatoms. The topological polar surface area (TPSA) is 70.2 Å². The Morgan fingerprint density at radius 1 is 1.17 bits per heavy atom. The van der Waals surface area contributed by atoms with Crippen molar-refractivity contribution in [1.82, 2.24) is 10.6 Å². The number of hydrogen-bond donors (Lipinski definition) is 3. The lowest BCUT2D eigenvalue weighted by Crippen LogP contribution is -2.36. The van der Waals surface area contributed by atoms with Crippen molar-refractivity contribution in [3.05, 3.63) is 29.8 Å². The van der Waals surface area contributed by atoms with Gasteiger partial charge in [0, 0.05) is 13.1 Å². The van der Waals surface area contributed by atoms with Gasteiger partial charge in [-0.3, -0.25) is 14.9 Å². The predicted molar refractivity (Wildman–Crippen MR) is 61.9 cm³/mol. The number of halogens is 2. The Labute approximate surface area is 103 Å². The van der Waals surface area contributed by atoms with Crippen molar-refractivity contribution in [3.63, 3.8) is 0 Å². The fraction of sp³-hybridized carbons (Fsp3) is 0.273. The molecule has 1 aromatic carbocycles. The first kappa shape index (κ1) is 14.0. The highest BCUT2D eigenvalue weighted by Gasteiger charge is 2.08. The van der Waals surface area contributed by atoms with Gasteiger partial charge in [-0.25, -0.2) is 8.78 Å². The van der Waals surface area contributed by atoms with Crippen LogP contribution >= 0.6 is 0 Å². The van der Waals surface area contributed by atoms with Gasteiger partial charge in [0.25, 0.3) is 0 Å². The van der Waals surface area contributed by atoms with E-state index >= 15 is 0 Å². The first-order chi connectivity index (χ1) is 8.52. The summed E-state index contributed by atoms with van der Waals surface area (Å²) in [6.07, 6.45) is 0. The zero-order chi connectivity index (χ0) is 13.5. The van der Waals surface area contributed by atoms with Gasteiger partial charge in [-0.15, -0.1) is 0 Å². The number of rotatable bonds is 5. The molecule has 0 fully saturated rings. The highest BCUT2D eigenvalue weighted by molar-refractivity contribution is 5.92. The molecule has 0 bridgehead atoms. The van der Waals surface area contributed by atoms with Crippen molar-refractivity contribution in [3.8, 4) is 0 Å². The number of anilines is 1. The number of likely N-dealkylation sites (N-methyl/N-ethyl adjacent to an activating group) is 1. The third-order valence-electron chi connectivity index (χ3n) is 2.05. The van der Waals surface area contributed by atoms with E-state index in [9.17, 15) is 18.4 Å². The quantitative estimate of drug-likeness (QED) is 0.707. The molecule has 0 aliphatic heterocycles. The third kappa shape index (κ3) is 4.46. The first-order valence-corrected chi connectivity index (χ1v) is 5.19. The molecule has 98 valence electrons. The summed E-state index contributed by atoms with van der Waals surface area (Å²) in [6.45, 7) is -0.209. The van der Waals surface area contributed by atoms with Crippen LogP contribution < -0.4 is 16.0 Å². The Morgan fingerprint density at radius 3 is 2.50 bits per heavy atom. The Hall–Kier alpha value is -2.02. The summed E-state index contributed by atoms with van der Waals surface area (Å²) in [5.74, 6) is -2.22. The van der Waals surface area contributed by atoms with Crippen LogP contribution in [0.15, 0.2) is 18.2 Å². The van der Waals surface area contributed by atoms with E-state index in [4.69, 9.17) is 0 Å². The number of amides is 2. The van der Waals surface area contributed by atoms with Gasteiger partial charge in [-0.05, 0) is 12.1 Å². The molecule has 2 amide bonds. The molecule has 0 atom stereocenters. The first-order valence-electron chi connectivity index (χ1n) is 5.19. The summed E-state index contributed by atoms with van der Waals surface area (Å²) >= 11 is 0. The van der Waals surface area contributed by atoms with Gasteiger partial charge in [-0.2, -0.15) is 0 Å². The largest absolute Gasteiger partial charge is 0.358 e. The average molecular weight is 257 g/mol. The Balaban J connectivity index is 2.44. The van der Waals surface area contributed by atoms with Crippen LogP contribution in [0.25, 0.3) is 0 Å². The predicted octanol–water partition coefficient (Wildman–Crippen LogP) is 0.239. The molecule has 0 heterocycles. The molecular formula is C11H13F2N3O2. The summed E-state index contributed by atoms with van der Waals surface area (Å²) in [4.78, 5) is 22.2. The van der Waals surface area contributed by atoms with Crippen molar-refractivity contribution >= 4 is 17.5 Å². The van der Waals surface area contributed by atoms with E-state index in [1.165, 1.54) is 7.05 Å². The van der Waals surface area contributed by atoms with E-state index in [0.29, 0.717) is 0 Å². The zero-order valence-corrected chi connectivity index (χ0v) is 9.72. The minimum absolute atomic E-state index is 0.0322. The lowest BCUT2D eigenvalue weighted by Gasteiger charge is -2.07. The third-order valence-corrected chi connectivity index (χ3v) is 2.05. The van der Waals surface area contributed by atoms with Crippen LogP contribution in [-0.2, 0) is 9.59 Å². The standard InChI is InChI=1S/C11H13F2N3O2/c1-14-10(17)5-15-6-11(18)16-9-4-7(12)2-3-8(9)13/h2-4,15H,5-6H2,1H3,(H,14,17)(H,16,18). The Morgan fingerprint density at radius 2 is 1.83 bits per heavy atom. The lowest BCUT2D eigenvalue weighted by molar-refractivity contribution is -0.120. The van der Waals surface area contributed by atoms with E-state index in [0.717, 1.165) is 18.2 Å². The van der Waals surface area contributed by atoms with Crippen molar-refractivity contribution in [2.75, 3.05) is 25.5 Å². The van der Waals surface area contributed by atoms with E-state index in [1.807, 2.05) is 0 Å². The molecule has 0 radical (unpaired) electrons.